The fraction of sp³-hybridized carbons (Fsp3) is 0.545. The summed E-state index contributed by atoms with van der Waals surface area (Å²) in [5, 5.41) is 23.6. The van der Waals surface area contributed by atoms with Crippen LogP contribution in [0.15, 0.2) is 16.6 Å². The number of nitrogens with one attached hydrogen (secondary N) is 1. The van der Waals surface area contributed by atoms with Crippen LogP contribution in [-0.4, -0.2) is 72.9 Å². The number of ether oxygens (including phenoxy) is 2. The summed E-state index contributed by atoms with van der Waals surface area (Å²) in [5.41, 5.74) is 0.614. The minimum absolute atomic E-state index is 0.0417. The summed E-state index contributed by atoms with van der Waals surface area (Å²) in [5.74, 6) is 0.189. The molecule has 2 saturated heterocycles. The molecule has 1 aromatic rings. The first-order valence-electron chi connectivity index (χ1n) is 6.75. The van der Waals surface area contributed by atoms with E-state index in [9.17, 15) is 9.59 Å². The van der Waals surface area contributed by atoms with Gasteiger partial charge in [0.25, 0.3) is 0 Å². The molecule has 2 fully saturated rings. The molecule has 0 bridgehead atoms. The van der Waals surface area contributed by atoms with Crippen molar-refractivity contribution >= 4 is 23.8 Å². The van der Waals surface area contributed by atoms with E-state index in [0.29, 0.717) is 16.5 Å². The maximum absolute atomic E-state index is 12.1. The van der Waals surface area contributed by atoms with E-state index in [1.807, 2.05) is 0 Å². The molecule has 1 unspecified atom stereocenters. The summed E-state index contributed by atoms with van der Waals surface area (Å²) in [6, 6.07) is -0.626. The molecule has 0 saturated carbocycles. The van der Waals surface area contributed by atoms with Gasteiger partial charge in [-0.2, -0.15) is 0 Å². The lowest BCUT2D eigenvalue weighted by Gasteiger charge is -2.47. The van der Waals surface area contributed by atoms with E-state index in [1.54, 1.807) is 7.05 Å². The number of carboxylic acid groups (broad SMARTS) is 1. The third kappa shape index (κ3) is 2.09. The Balaban J connectivity index is 1.63. The van der Waals surface area contributed by atoms with Crippen LogP contribution in [0.25, 0.3) is 0 Å². The van der Waals surface area contributed by atoms with E-state index < -0.39 is 6.16 Å². The number of β-lactam (4-membered cyclic amide) rings is 1. The molecule has 11 nitrogen and oxygen atoms in total. The molecule has 1 amide bonds. The first-order chi connectivity index (χ1) is 11.1. The van der Waals surface area contributed by atoms with Crippen LogP contribution in [-0.2, 0) is 21.3 Å². The predicted octanol–water partition coefficient (Wildman–Crippen LogP) is -1.25. The molecule has 0 radical (unpaired) electrons. The average Bonchev–Trinajstić information content (AvgIpc) is 3.04. The molecule has 1 aromatic heterocycles. The maximum atomic E-state index is 12.1. The lowest BCUT2D eigenvalue weighted by Crippen LogP contribution is -2.73. The Bertz CT molecular complexity index is 720. The van der Waals surface area contributed by atoms with Gasteiger partial charge in [-0.1, -0.05) is 11.8 Å². The molecule has 12 heteroatoms. The Hall–Kier alpha value is -2.18. The van der Waals surface area contributed by atoms with Gasteiger partial charge < -0.3 is 14.6 Å². The minimum atomic E-state index is -1.47. The first-order valence-corrected chi connectivity index (χ1v) is 7.73. The molecule has 0 aromatic carbocycles. The zero-order valence-electron chi connectivity index (χ0n) is 11.9. The van der Waals surface area contributed by atoms with Crippen LogP contribution in [0.3, 0.4) is 0 Å². The van der Waals surface area contributed by atoms with Crippen LogP contribution in [0.1, 0.15) is 0 Å². The van der Waals surface area contributed by atoms with E-state index >= 15 is 0 Å². The van der Waals surface area contributed by atoms with Gasteiger partial charge in [-0.3, -0.25) is 15.0 Å². The molecule has 2 N–H and O–H groups in total. The van der Waals surface area contributed by atoms with Crippen LogP contribution in [0.4, 0.5) is 4.79 Å². The van der Waals surface area contributed by atoms with Crippen LogP contribution >= 0.6 is 11.8 Å². The molecule has 0 spiro atoms. The Kier molecular flexibility index (Phi) is 3.25. The van der Waals surface area contributed by atoms with Crippen molar-refractivity contribution in [2.75, 3.05) is 12.5 Å². The van der Waals surface area contributed by atoms with Crippen LogP contribution in [0.2, 0.25) is 0 Å². The first kappa shape index (κ1) is 14.4. The Morgan fingerprint density at radius 2 is 2.43 bits per heavy atom. The van der Waals surface area contributed by atoms with Gasteiger partial charge in [0.05, 0.1) is 12.8 Å². The van der Waals surface area contributed by atoms with Crippen LogP contribution < -0.4 is 5.32 Å². The number of aromatic nitrogens is 4. The van der Waals surface area contributed by atoms with Crippen LogP contribution in [0, 0.1) is 0 Å². The number of thioether (sulfide) groups is 1. The highest BCUT2D eigenvalue weighted by atomic mass is 32.2. The monoisotopic (exact) mass is 340 g/mol. The molecule has 122 valence electrons. The van der Waals surface area contributed by atoms with Crippen molar-refractivity contribution in [2.45, 2.75) is 23.3 Å². The molecule has 4 heterocycles. The number of aryl methyl sites for hydroxylation is 1. The zero-order chi connectivity index (χ0) is 16.1. The van der Waals surface area contributed by atoms with Gasteiger partial charge in [0.15, 0.2) is 0 Å². The molecule has 3 aliphatic heterocycles. The lowest BCUT2D eigenvalue weighted by molar-refractivity contribution is -0.164. The van der Waals surface area contributed by atoms with E-state index in [4.69, 9.17) is 14.6 Å². The largest absolute Gasteiger partial charge is 0.512 e. The topological polar surface area (TPSA) is 132 Å². The smallest absolute Gasteiger partial charge is 0.449 e. The number of hydrogen-bond donors (Lipinski definition) is 2. The number of carbonyl (C=O) groups excluding carboxylic acids is 1. The van der Waals surface area contributed by atoms with E-state index in [2.05, 4.69) is 20.8 Å². The second-order valence-electron chi connectivity index (χ2n) is 5.18. The number of carbonyl (C=O) groups is 2. The summed E-state index contributed by atoms with van der Waals surface area (Å²) in [7, 11) is 1.70. The number of tetrazole rings is 1. The van der Waals surface area contributed by atoms with Gasteiger partial charge in [-0.25, -0.2) is 9.48 Å². The number of hydrogen-bond acceptors (Lipinski definition) is 9. The number of amides is 1. The number of rotatable bonds is 4. The molecule has 23 heavy (non-hydrogen) atoms. The van der Waals surface area contributed by atoms with Crippen molar-refractivity contribution in [1.82, 2.24) is 30.4 Å². The van der Waals surface area contributed by atoms with Crippen molar-refractivity contribution < 1.29 is 24.2 Å². The fourth-order valence-electron chi connectivity index (χ4n) is 3.00. The summed E-state index contributed by atoms with van der Waals surface area (Å²) in [4.78, 5) is 24.5. The summed E-state index contributed by atoms with van der Waals surface area (Å²) in [6.45, 7) is 0.228. The molecule has 3 aliphatic rings. The van der Waals surface area contributed by atoms with E-state index in [0.717, 1.165) is 0 Å². The Morgan fingerprint density at radius 3 is 3.13 bits per heavy atom. The van der Waals surface area contributed by atoms with Gasteiger partial charge in [0.1, 0.15) is 12.1 Å². The SMILES string of the molecule is Cn1nnnc1SCC1=C(OC(=O)O)N2C(=O)[C@H]3NCOC1[C@H]32. The molecular weight excluding hydrogens is 328 g/mol. The highest BCUT2D eigenvalue weighted by Gasteiger charge is 2.62. The molecule has 4 rings (SSSR count). The number of nitrogens with zero attached hydrogens (tertiary/aromatic N) is 5. The third-order valence-electron chi connectivity index (χ3n) is 3.98. The van der Waals surface area contributed by atoms with E-state index in [-0.39, 0.29) is 36.7 Å². The van der Waals surface area contributed by atoms with Gasteiger partial charge >= 0.3 is 6.16 Å². The van der Waals surface area contributed by atoms with Gasteiger partial charge in [-0.05, 0) is 10.4 Å². The summed E-state index contributed by atoms with van der Waals surface area (Å²) >= 11 is 1.32. The normalized spacial score (nSPS) is 28.7. The standard InChI is InChI=1S/C11H12N6O5S/c1-16-10(13-14-15-16)23-2-4-7-6-5(12-3-21-7)8(18)17(6)9(4)22-11(19)20/h5-7,12H,2-3H2,1H3,(H,19,20)/t5-,6-,7?/m0/s1. The Labute approximate surface area is 133 Å². The van der Waals surface area contributed by atoms with Gasteiger partial charge in [0.2, 0.25) is 16.9 Å². The maximum Gasteiger partial charge on any atom is 0.512 e. The predicted molar refractivity (Wildman–Crippen MR) is 73.0 cm³/mol. The zero-order valence-corrected chi connectivity index (χ0v) is 12.7. The van der Waals surface area contributed by atoms with Crippen molar-refractivity contribution in [3.05, 3.63) is 11.5 Å². The minimum Gasteiger partial charge on any atom is -0.449 e. The quantitative estimate of drug-likeness (QED) is 0.389. The molecular formula is C11H12N6O5S. The highest BCUT2D eigenvalue weighted by Crippen LogP contribution is 2.43. The van der Waals surface area contributed by atoms with Crippen molar-refractivity contribution in [1.29, 1.82) is 0 Å². The molecule has 0 aliphatic carbocycles. The summed E-state index contributed by atoms with van der Waals surface area (Å²) < 4.78 is 12.0. The third-order valence-corrected chi connectivity index (χ3v) is 5.04. The average molecular weight is 340 g/mol. The van der Waals surface area contributed by atoms with Crippen molar-refractivity contribution in [3.63, 3.8) is 0 Å². The van der Waals surface area contributed by atoms with E-state index in [1.165, 1.54) is 21.3 Å². The van der Waals surface area contributed by atoms with Crippen molar-refractivity contribution in [2.24, 2.45) is 7.05 Å². The fourth-order valence-corrected chi connectivity index (χ4v) is 3.89. The second kappa shape index (κ2) is 5.18. The van der Waals surface area contributed by atoms with Gasteiger partial charge in [0, 0.05) is 18.4 Å². The van der Waals surface area contributed by atoms with Crippen LogP contribution in [0.5, 0.6) is 0 Å². The lowest BCUT2D eigenvalue weighted by atomic mass is 9.91. The van der Waals surface area contributed by atoms with Crippen molar-refractivity contribution in [3.8, 4) is 0 Å². The highest BCUT2D eigenvalue weighted by molar-refractivity contribution is 7.99. The molecule has 3 atom stereocenters. The summed E-state index contributed by atoms with van der Waals surface area (Å²) in [6.07, 6.45) is -1.85. The second-order valence-corrected chi connectivity index (χ2v) is 6.13. The Morgan fingerprint density at radius 1 is 1.61 bits per heavy atom. The van der Waals surface area contributed by atoms with Gasteiger partial charge in [-0.15, -0.1) is 5.10 Å².